The number of sulfonamides is 1. The number of ether oxygens (including phenoxy) is 2. The summed E-state index contributed by atoms with van der Waals surface area (Å²) < 4.78 is 37.1. The van der Waals surface area contributed by atoms with E-state index in [-0.39, 0.29) is 61.9 Å². The van der Waals surface area contributed by atoms with Crippen molar-refractivity contribution in [2.24, 2.45) is 5.92 Å². The Morgan fingerprint density at radius 3 is 2.26 bits per heavy atom. The van der Waals surface area contributed by atoms with Gasteiger partial charge in [0.2, 0.25) is 15.9 Å². The third-order valence-corrected chi connectivity index (χ3v) is 7.12. The number of Topliss-reactive ketones (excluding diaryl/α,β-unsaturated/α-hetero) is 1. The molecule has 2 rings (SSSR count). The SMILES string of the molecule is CCOC(=O)CN(CCOC)C(=O)C1CCN(S(=O)(=O)c2ccc(C(C)=O)cc2)CC1. The molecule has 1 fully saturated rings. The zero-order valence-electron chi connectivity index (χ0n) is 18.2. The lowest BCUT2D eigenvalue weighted by molar-refractivity contribution is -0.151. The summed E-state index contributed by atoms with van der Waals surface area (Å²) in [5.74, 6) is -1.20. The smallest absolute Gasteiger partial charge is 0.325 e. The van der Waals surface area contributed by atoms with Crippen LogP contribution in [0.5, 0.6) is 0 Å². The van der Waals surface area contributed by atoms with Crippen molar-refractivity contribution in [1.82, 2.24) is 9.21 Å². The van der Waals surface area contributed by atoms with E-state index >= 15 is 0 Å². The van der Waals surface area contributed by atoms with Crippen LogP contribution in [0, 0.1) is 5.92 Å². The average Bonchev–Trinajstić information content (AvgIpc) is 2.76. The molecule has 0 radical (unpaired) electrons. The topological polar surface area (TPSA) is 110 Å². The highest BCUT2D eigenvalue weighted by molar-refractivity contribution is 7.89. The molecular formula is C21H30N2O7S. The number of hydrogen-bond donors (Lipinski definition) is 0. The summed E-state index contributed by atoms with van der Waals surface area (Å²) in [4.78, 5) is 37.7. The molecule has 0 aliphatic carbocycles. The monoisotopic (exact) mass is 454 g/mol. The minimum absolute atomic E-state index is 0.117. The second-order valence-corrected chi connectivity index (χ2v) is 9.25. The molecule has 0 aromatic heterocycles. The number of piperidine rings is 1. The molecule has 31 heavy (non-hydrogen) atoms. The molecule has 172 valence electrons. The Kier molecular flexibility index (Phi) is 9.15. The van der Waals surface area contributed by atoms with Crippen LogP contribution in [0.3, 0.4) is 0 Å². The molecular weight excluding hydrogens is 424 g/mol. The van der Waals surface area contributed by atoms with Crippen LogP contribution >= 0.6 is 0 Å². The maximum atomic E-state index is 12.9. The molecule has 10 heteroatoms. The van der Waals surface area contributed by atoms with Gasteiger partial charge in [-0.05, 0) is 38.8 Å². The molecule has 1 heterocycles. The van der Waals surface area contributed by atoms with Crippen LogP contribution in [0.15, 0.2) is 29.2 Å². The first-order chi connectivity index (χ1) is 14.7. The fourth-order valence-electron chi connectivity index (χ4n) is 3.44. The van der Waals surface area contributed by atoms with Crippen LogP contribution in [0.4, 0.5) is 0 Å². The van der Waals surface area contributed by atoms with Gasteiger partial charge in [-0.1, -0.05) is 12.1 Å². The Hall–Kier alpha value is -2.30. The number of carbonyl (C=O) groups is 3. The summed E-state index contributed by atoms with van der Waals surface area (Å²) >= 11 is 0. The van der Waals surface area contributed by atoms with Crippen molar-refractivity contribution in [2.75, 3.05) is 46.5 Å². The van der Waals surface area contributed by atoms with E-state index in [0.717, 1.165) is 0 Å². The summed E-state index contributed by atoms with van der Waals surface area (Å²) in [6.45, 7) is 4.14. The summed E-state index contributed by atoms with van der Waals surface area (Å²) in [6.07, 6.45) is 0.714. The number of nitrogens with zero attached hydrogens (tertiary/aromatic N) is 2. The number of ketones is 1. The van der Waals surface area contributed by atoms with E-state index in [4.69, 9.17) is 9.47 Å². The fourth-order valence-corrected chi connectivity index (χ4v) is 4.91. The van der Waals surface area contributed by atoms with Gasteiger partial charge in [-0.3, -0.25) is 14.4 Å². The quantitative estimate of drug-likeness (QED) is 0.387. The minimum atomic E-state index is -3.71. The van der Waals surface area contributed by atoms with E-state index in [9.17, 15) is 22.8 Å². The van der Waals surface area contributed by atoms with Gasteiger partial charge in [-0.15, -0.1) is 0 Å². The van der Waals surface area contributed by atoms with Gasteiger partial charge in [0.15, 0.2) is 5.78 Å². The molecule has 9 nitrogen and oxygen atoms in total. The van der Waals surface area contributed by atoms with E-state index in [1.807, 2.05) is 0 Å². The van der Waals surface area contributed by atoms with E-state index in [1.165, 1.54) is 47.5 Å². The van der Waals surface area contributed by atoms with E-state index in [0.29, 0.717) is 18.4 Å². The van der Waals surface area contributed by atoms with Crippen molar-refractivity contribution >= 4 is 27.7 Å². The van der Waals surface area contributed by atoms with Crippen molar-refractivity contribution in [1.29, 1.82) is 0 Å². The van der Waals surface area contributed by atoms with E-state index in [2.05, 4.69) is 0 Å². The van der Waals surface area contributed by atoms with Crippen molar-refractivity contribution in [3.05, 3.63) is 29.8 Å². The lowest BCUT2D eigenvalue weighted by atomic mass is 9.96. The summed E-state index contributed by atoms with van der Waals surface area (Å²) in [5.41, 5.74) is 0.445. The highest BCUT2D eigenvalue weighted by Gasteiger charge is 2.34. The summed E-state index contributed by atoms with van der Waals surface area (Å²) in [5, 5.41) is 0. The van der Waals surface area contributed by atoms with Crippen molar-refractivity contribution in [3.63, 3.8) is 0 Å². The molecule has 1 saturated heterocycles. The molecule has 0 saturated carbocycles. The summed E-state index contributed by atoms with van der Waals surface area (Å²) in [7, 11) is -2.20. The van der Waals surface area contributed by atoms with Gasteiger partial charge < -0.3 is 14.4 Å². The Morgan fingerprint density at radius 2 is 1.74 bits per heavy atom. The lowest BCUT2D eigenvalue weighted by Gasteiger charge is -2.33. The van der Waals surface area contributed by atoms with Gasteiger partial charge in [0.05, 0.1) is 18.1 Å². The standard InChI is InChI=1S/C21H30N2O7S/c1-4-30-20(25)15-22(13-14-29-3)21(26)18-9-11-23(12-10-18)31(27,28)19-7-5-17(6-8-19)16(2)24/h5-8,18H,4,9-15H2,1-3H3. The molecule has 0 spiro atoms. The number of amides is 1. The number of carbonyl (C=O) groups excluding carboxylic acids is 3. The average molecular weight is 455 g/mol. The van der Waals surface area contributed by atoms with Gasteiger partial charge in [-0.25, -0.2) is 8.42 Å². The normalized spacial score (nSPS) is 15.5. The van der Waals surface area contributed by atoms with Crippen LogP contribution in [-0.2, 0) is 29.1 Å². The largest absolute Gasteiger partial charge is 0.465 e. The first-order valence-corrected chi connectivity index (χ1v) is 11.7. The minimum Gasteiger partial charge on any atom is -0.465 e. The maximum Gasteiger partial charge on any atom is 0.325 e. The second-order valence-electron chi connectivity index (χ2n) is 7.32. The molecule has 0 bridgehead atoms. The Labute approximate surface area is 183 Å². The first-order valence-electron chi connectivity index (χ1n) is 10.2. The first kappa shape index (κ1) is 25.0. The number of methoxy groups -OCH3 is 1. The second kappa shape index (κ2) is 11.4. The molecule has 1 aliphatic rings. The molecule has 0 unspecified atom stereocenters. The summed E-state index contributed by atoms with van der Waals surface area (Å²) in [6, 6.07) is 5.84. The lowest BCUT2D eigenvalue weighted by Crippen LogP contribution is -2.46. The number of rotatable bonds is 10. The van der Waals surface area contributed by atoms with Gasteiger partial charge in [0, 0.05) is 38.2 Å². The predicted molar refractivity (Wildman–Crippen MR) is 113 cm³/mol. The fraction of sp³-hybridized carbons (Fsp3) is 0.571. The third kappa shape index (κ3) is 6.59. The molecule has 0 atom stereocenters. The van der Waals surface area contributed by atoms with E-state index in [1.54, 1.807) is 6.92 Å². The van der Waals surface area contributed by atoms with Gasteiger partial charge in [0.1, 0.15) is 6.54 Å². The van der Waals surface area contributed by atoms with Crippen LogP contribution in [0.2, 0.25) is 0 Å². The van der Waals surface area contributed by atoms with Gasteiger partial charge in [0.25, 0.3) is 0 Å². The molecule has 0 N–H and O–H groups in total. The molecule has 1 aliphatic heterocycles. The molecule has 1 amide bonds. The Morgan fingerprint density at radius 1 is 1.13 bits per heavy atom. The van der Waals surface area contributed by atoms with Gasteiger partial charge in [-0.2, -0.15) is 4.31 Å². The highest BCUT2D eigenvalue weighted by Crippen LogP contribution is 2.25. The van der Waals surface area contributed by atoms with Crippen molar-refractivity contribution in [3.8, 4) is 0 Å². The van der Waals surface area contributed by atoms with Gasteiger partial charge >= 0.3 is 5.97 Å². The zero-order chi connectivity index (χ0) is 23.0. The maximum absolute atomic E-state index is 12.9. The van der Waals surface area contributed by atoms with Crippen LogP contribution < -0.4 is 0 Å². The number of esters is 1. The van der Waals surface area contributed by atoms with Crippen molar-refractivity contribution < 1.29 is 32.3 Å². The highest BCUT2D eigenvalue weighted by atomic mass is 32.2. The van der Waals surface area contributed by atoms with Crippen LogP contribution in [0.1, 0.15) is 37.0 Å². The molecule has 1 aromatic rings. The Balaban J connectivity index is 2.02. The predicted octanol–water partition coefficient (Wildman–Crippen LogP) is 1.33. The third-order valence-electron chi connectivity index (χ3n) is 5.20. The number of hydrogen-bond acceptors (Lipinski definition) is 7. The van der Waals surface area contributed by atoms with E-state index < -0.39 is 16.0 Å². The van der Waals surface area contributed by atoms with Crippen LogP contribution in [0.25, 0.3) is 0 Å². The Bertz CT molecular complexity index is 875. The van der Waals surface area contributed by atoms with Crippen LogP contribution in [-0.4, -0.2) is 81.8 Å². The molecule has 1 aromatic carbocycles. The zero-order valence-corrected chi connectivity index (χ0v) is 19.0. The number of benzene rings is 1. The van der Waals surface area contributed by atoms with Crippen molar-refractivity contribution in [2.45, 2.75) is 31.6 Å².